The van der Waals surface area contributed by atoms with Crippen LogP contribution in [0.3, 0.4) is 0 Å². The van der Waals surface area contributed by atoms with E-state index >= 15 is 0 Å². The van der Waals surface area contributed by atoms with E-state index < -0.39 is 17.6 Å². The van der Waals surface area contributed by atoms with Crippen molar-refractivity contribution < 1.29 is 19.1 Å². The molecule has 2 aliphatic heterocycles. The fraction of sp³-hybridized carbons (Fsp3) is 0.300. The summed E-state index contributed by atoms with van der Waals surface area (Å²) in [4.78, 5) is 27.4. The Morgan fingerprint density at radius 3 is 2.56 bits per heavy atom. The van der Waals surface area contributed by atoms with Crippen molar-refractivity contribution in [1.29, 1.82) is 0 Å². The van der Waals surface area contributed by atoms with Gasteiger partial charge in [0.1, 0.15) is 11.7 Å². The number of anilines is 1. The van der Waals surface area contributed by atoms with Crippen LogP contribution in [0.1, 0.15) is 24.8 Å². The number of ether oxygens (including phenoxy) is 2. The summed E-state index contributed by atoms with van der Waals surface area (Å²) < 4.78 is 11.1. The Kier molecular flexibility index (Phi) is 3.53. The monoisotopic (exact) mass is 337 g/mol. The van der Waals surface area contributed by atoms with Crippen LogP contribution in [0.15, 0.2) is 54.6 Å². The van der Waals surface area contributed by atoms with E-state index in [1.54, 1.807) is 4.90 Å². The molecule has 0 unspecified atom stereocenters. The van der Waals surface area contributed by atoms with Gasteiger partial charge in [-0.15, -0.1) is 0 Å². The molecule has 5 nitrogen and oxygen atoms in total. The Balaban J connectivity index is 1.82. The molecule has 0 aliphatic carbocycles. The first-order valence-corrected chi connectivity index (χ1v) is 8.30. The number of hydrogen-bond donors (Lipinski definition) is 0. The molecule has 0 spiro atoms. The number of esters is 1. The van der Waals surface area contributed by atoms with Crippen molar-refractivity contribution in [1.82, 2.24) is 0 Å². The predicted molar refractivity (Wildman–Crippen MR) is 92.3 cm³/mol. The zero-order valence-electron chi connectivity index (χ0n) is 14.1. The molecule has 0 radical (unpaired) electrons. The summed E-state index contributed by atoms with van der Waals surface area (Å²) in [5.41, 5.74) is 0.827. The molecule has 128 valence electrons. The normalized spacial score (nSPS) is 27.3. The minimum atomic E-state index is -0.879. The maximum atomic E-state index is 13.3. The Hall–Kier alpha value is -2.82. The highest BCUT2D eigenvalue weighted by Gasteiger charge is 2.57. The number of rotatable bonds is 2. The number of nitrogens with zero attached hydrogens (tertiary/aromatic N) is 1. The molecule has 2 heterocycles. The highest BCUT2D eigenvalue weighted by molar-refractivity contribution is 6.09. The van der Waals surface area contributed by atoms with Crippen LogP contribution in [0.2, 0.25) is 0 Å². The largest absolute Gasteiger partial charge is 0.468 e. The molecule has 25 heavy (non-hydrogen) atoms. The third-order valence-corrected chi connectivity index (χ3v) is 5.08. The lowest BCUT2D eigenvalue weighted by Gasteiger charge is -2.44. The zero-order chi connectivity index (χ0) is 17.6. The molecule has 1 amide bonds. The molecule has 0 bridgehead atoms. The second kappa shape index (κ2) is 5.62. The average molecular weight is 337 g/mol. The zero-order valence-corrected chi connectivity index (χ0v) is 14.1. The molecule has 2 aliphatic rings. The van der Waals surface area contributed by atoms with Crippen LogP contribution in [-0.4, -0.2) is 24.7 Å². The Bertz CT molecular complexity index is 835. The van der Waals surface area contributed by atoms with Gasteiger partial charge < -0.3 is 9.47 Å². The third kappa shape index (κ3) is 2.30. The van der Waals surface area contributed by atoms with Crippen molar-refractivity contribution in [2.75, 3.05) is 12.0 Å². The SMILES string of the molecule is COC(=O)[C@H]1C(=O)N2c3ccccc3O[C@]2(C)C[C@@H]1c1ccccc1. The van der Waals surface area contributed by atoms with Crippen molar-refractivity contribution >= 4 is 17.6 Å². The van der Waals surface area contributed by atoms with Gasteiger partial charge in [-0.3, -0.25) is 14.5 Å². The number of hydrogen-bond acceptors (Lipinski definition) is 4. The van der Waals surface area contributed by atoms with Crippen molar-refractivity contribution in [2.45, 2.75) is 25.0 Å². The van der Waals surface area contributed by atoms with Gasteiger partial charge in [0.2, 0.25) is 5.91 Å². The summed E-state index contributed by atoms with van der Waals surface area (Å²) in [6.45, 7) is 1.90. The van der Waals surface area contributed by atoms with Crippen LogP contribution in [0, 0.1) is 5.92 Å². The van der Waals surface area contributed by atoms with E-state index in [9.17, 15) is 9.59 Å². The van der Waals surface area contributed by atoms with Crippen LogP contribution < -0.4 is 9.64 Å². The summed E-state index contributed by atoms with van der Waals surface area (Å²) >= 11 is 0. The number of methoxy groups -OCH3 is 1. The number of benzene rings is 2. The first-order chi connectivity index (χ1) is 12.0. The van der Waals surface area contributed by atoms with Gasteiger partial charge in [-0.05, 0) is 24.6 Å². The standard InChI is InChI=1S/C20H19NO4/c1-20-12-14(13-8-4-3-5-9-13)17(19(23)24-2)18(22)21(20)15-10-6-7-11-16(15)25-20/h3-11,14,17H,12H2,1-2H3/t14-,17-,20-/m1/s1. The highest BCUT2D eigenvalue weighted by atomic mass is 16.5. The lowest BCUT2D eigenvalue weighted by Crippen LogP contribution is -2.60. The molecule has 4 rings (SSSR count). The van der Waals surface area contributed by atoms with Gasteiger partial charge in [0.25, 0.3) is 0 Å². The number of fused-ring (bicyclic) bond motifs is 3. The molecular formula is C20H19NO4. The molecule has 0 N–H and O–H groups in total. The van der Waals surface area contributed by atoms with Crippen LogP contribution in [0.5, 0.6) is 5.75 Å². The summed E-state index contributed by atoms with van der Waals surface area (Å²) in [6, 6.07) is 17.0. The number of piperidine rings is 1. The number of carbonyl (C=O) groups excluding carboxylic acids is 2. The number of carbonyl (C=O) groups is 2. The topological polar surface area (TPSA) is 55.8 Å². The predicted octanol–water partition coefficient (Wildman–Crippen LogP) is 3.10. The van der Waals surface area contributed by atoms with E-state index in [1.807, 2.05) is 61.5 Å². The van der Waals surface area contributed by atoms with E-state index in [0.717, 1.165) is 5.56 Å². The maximum Gasteiger partial charge on any atom is 0.318 e. The van der Waals surface area contributed by atoms with Crippen LogP contribution in [-0.2, 0) is 14.3 Å². The van der Waals surface area contributed by atoms with E-state index in [1.165, 1.54) is 7.11 Å². The second-order valence-corrected chi connectivity index (χ2v) is 6.64. The van der Waals surface area contributed by atoms with Gasteiger partial charge in [0.15, 0.2) is 5.72 Å². The minimum Gasteiger partial charge on any atom is -0.468 e. The second-order valence-electron chi connectivity index (χ2n) is 6.64. The fourth-order valence-electron chi connectivity index (χ4n) is 3.99. The quantitative estimate of drug-likeness (QED) is 0.624. The molecule has 1 saturated heterocycles. The Labute approximate surface area is 146 Å². The maximum absolute atomic E-state index is 13.3. The summed E-state index contributed by atoms with van der Waals surface area (Å²) in [7, 11) is 1.32. The van der Waals surface area contributed by atoms with Crippen molar-refractivity contribution in [2.24, 2.45) is 5.92 Å². The smallest absolute Gasteiger partial charge is 0.318 e. The molecule has 2 aromatic rings. The van der Waals surface area contributed by atoms with Crippen LogP contribution in [0.25, 0.3) is 0 Å². The molecular weight excluding hydrogens is 318 g/mol. The highest BCUT2D eigenvalue weighted by Crippen LogP contribution is 2.51. The molecule has 0 saturated carbocycles. The van der Waals surface area contributed by atoms with Gasteiger partial charge in [-0.2, -0.15) is 0 Å². The first kappa shape index (κ1) is 15.7. The van der Waals surface area contributed by atoms with Gasteiger partial charge in [0, 0.05) is 12.3 Å². The Morgan fingerprint density at radius 2 is 1.84 bits per heavy atom. The minimum absolute atomic E-state index is 0.278. The molecule has 2 aromatic carbocycles. The molecule has 0 aromatic heterocycles. The molecule has 1 fully saturated rings. The van der Waals surface area contributed by atoms with Gasteiger partial charge in [0.05, 0.1) is 12.8 Å². The third-order valence-electron chi connectivity index (χ3n) is 5.08. The van der Waals surface area contributed by atoms with E-state index in [2.05, 4.69) is 0 Å². The van der Waals surface area contributed by atoms with Crippen LogP contribution >= 0.6 is 0 Å². The number of para-hydroxylation sites is 2. The lowest BCUT2D eigenvalue weighted by molar-refractivity contribution is -0.153. The van der Waals surface area contributed by atoms with Crippen molar-refractivity contribution in [3.05, 3.63) is 60.2 Å². The molecule has 5 heteroatoms. The van der Waals surface area contributed by atoms with E-state index in [-0.39, 0.29) is 11.8 Å². The average Bonchev–Trinajstić information content (AvgIpc) is 2.94. The van der Waals surface area contributed by atoms with Gasteiger partial charge >= 0.3 is 5.97 Å². The number of amides is 1. The summed E-state index contributed by atoms with van der Waals surface area (Å²) in [5.74, 6) is -1.30. The Morgan fingerprint density at radius 1 is 1.16 bits per heavy atom. The summed E-state index contributed by atoms with van der Waals surface area (Å²) in [6.07, 6.45) is 0.511. The fourth-order valence-corrected chi connectivity index (χ4v) is 3.99. The summed E-state index contributed by atoms with van der Waals surface area (Å²) in [5, 5.41) is 0. The van der Waals surface area contributed by atoms with Gasteiger partial charge in [-0.1, -0.05) is 42.5 Å². The van der Waals surface area contributed by atoms with E-state index in [0.29, 0.717) is 17.9 Å². The molecule has 3 atom stereocenters. The van der Waals surface area contributed by atoms with Crippen molar-refractivity contribution in [3.8, 4) is 5.75 Å². The van der Waals surface area contributed by atoms with Crippen molar-refractivity contribution in [3.63, 3.8) is 0 Å². The van der Waals surface area contributed by atoms with Gasteiger partial charge in [-0.25, -0.2) is 0 Å². The van der Waals surface area contributed by atoms with E-state index in [4.69, 9.17) is 9.47 Å². The lowest BCUT2D eigenvalue weighted by atomic mass is 9.76. The first-order valence-electron chi connectivity index (χ1n) is 8.30. The van der Waals surface area contributed by atoms with Crippen LogP contribution in [0.4, 0.5) is 5.69 Å².